The predicted octanol–water partition coefficient (Wildman–Crippen LogP) is 1.08. The summed E-state index contributed by atoms with van der Waals surface area (Å²) in [4.78, 5) is 2.51. The molecule has 84 valence electrons. The van der Waals surface area contributed by atoms with E-state index in [4.69, 9.17) is 10.5 Å². The van der Waals surface area contributed by atoms with Crippen LogP contribution in [0.1, 0.15) is 26.7 Å². The molecule has 0 aliphatic carbocycles. The molecule has 1 rings (SSSR count). The molecule has 0 aromatic heterocycles. The van der Waals surface area contributed by atoms with E-state index in [1.807, 2.05) is 7.11 Å². The maximum absolute atomic E-state index is 5.69. The van der Waals surface area contributed by atoms with Gasteiger partial charge in [-0.05, 0) is 38.8 Å². The Morgan fingerprint density at radius 1 is 1.50 bits per heavy atom. The Balaban J connectivity index is 2.42. The second kappa shape index (κ2) is 5.69. The van der Waals surface area contributed by atoms with Crippen LogP contribution in [0.3, 0.4) is 0 Å². The van der Waals surface area contributed by atoms with Crippen LogP contribution in [0.2, 0.25) is 0 Å². The second-order valence-electron chi connectivity index (χ2n) is 4.45. The minimum atomic E-state index is 0.427. The van der Waals surface area contributed by atoms with Gasteiger partial charge in [-0.3, -0.25) is 4.90 Å². The first kappa shape index (κ1) is 12.0. The maximum Gasteiger partial charge on any atom is 0.0698 e. The molecule has 3 nitrogen and oxygen atoms in total. The molecule has 1 heterocycles. The standard InChI is InChI=1S/C11H24N2O/c1-9(7-12)10(2)13-6-4-5-11(8-13)14-3/h9-11H,4-8,12H2,1-3H3. The first-order valence-electron chi connectivity index (χ1n) is 5.66. The minimum Gasteiger partial charge on any atom is -0.380 e. The molecule has 0 spiro atoms. The third kappa shape index (κ3) is 2.94. The average molecular weight is 200 g/mol. The number of ether oxygens (including phenoxy) is 1. The number of nitrogens with two attached hydrogens (primary N) is 1. The third-order valence-electron chi connectivity index (χ3n) is 3.51. The number of hydrogen-bond acceptors (Lipinski definition) is 3. The molecule has 14 heavy (non-hydrogen) atoms. The van der Waals surface area contributed by atoms with Gasteiger partial charge in [0.15, 0.2) is 0 Å². The van der Waals surface area contributed by atoms with E-state index in [-0.39, 0.29) is 0 Å². The monoisotopic (exact) mass is 200 g/mol. The lowest BCUT2D eigenvalue weighted by Gasteiger charge is -2.38. The lowest BCUT2D eigenvalue weighted by atomic mass is 9.98. The first-order chi connectivity index (χ1) is 6.69. The molecule has 3 heteroatoms. The lowest BCUT2D eigenvalue weighted by Crippen LogP contribution is -2.47. The zero-order valence-corrected chi connectivity index (χ0v) is 9.70. The van der Waals surface area contributed by atoms with Gasteiger partial charge in [-0.25, -0.2) is 0 Å². The smallest absolute Gasteiger partial charge is 0.0698 e. The largest absolute Gasteiger partial charge is 0.380 e. The van der Waals surface area contributed by atoms with Crippen LogP contribution in [0, 0.1) is 5.92 Å². The fraction of sp³-hybridized carbons (Fsp3) is 1.00. The van der Waals surface area contributed by atoms with Crippen LogP contribution in [-0.4, -0.2) is 43.8 Å². The summed E-state index contributed by atoms with van der Waals surface area (Å²) in [6.45, 7) is 7.54. The molecule has 1 saturated heterocycles. The molecule has 0 amide bonds. The lowest BCUT2D eigenvalue weighted by molar-refractivity contribution is 0.00894. The van der Waals surface area contributed by atoms with Crippen molar-refractivity contribution in [1.29, 1.82) is 0 Å². The van der Waals surface area contributed by atoms with E-state index in [9.17, 15) is 0 Å². The van der Waals surface area contributed by atoms with Crippen LogP contribution in [0.25, 0.3) is 0 Å². The first-order valence-corrected chi connectivity index (χ1v) is 5.66. The van der Waals surface area contributed by atoms with E-state index in [0.717, 1.165) is 13.1 Å². The Morgan fingerprint density at radius 3 is 2.79 bits per heavy atom. The molecule has 0 aromatic carbocycles. The quantitative estimate of drug-likeness (QED) is 0.738. The van der Waals surface area contributed by atoms with Crippen LogP contribution in [0.5, 0.6) is 0 Å². The normalized spacial score (nSPS) is 28.7. The molecule has 1 fully saturated rings. The van der Waals surface area contributed by atoms with Crippen LogP contribution in [0.15, 0.2) is 0 Å². The van der Waals surface area contributed by atoms with Gasteiger partial charge in [0.1, 0.15) is 0 Å². The van der Waals surface area contributed by atoms with Crippen molar-refractivity contribution in [3.8, 4) is 0 Å². The molecule has 3 unspecified atom stereocenters. The van der Waals surface area contributed by atoms with Crippen molar-refractivity contribution < 1.29 is 4.74 Å². The summed E-state index contributed by atoms with van der Waals surface area (Å²) in [5, 5.41) is 0. The zero-order valence-electron chi connectivity index (χ0n) is 9.70. The molecule has 3 atom stereocenters. The van der Waals surface area contributed by atoms with Crippen LogP contribution >= 0.6 is 0 Å². The molecule has 0 radical (unpaired) electrons. The van der Waals surface area contributed by atoms with Crippen LogP contribution in [0.4, 0.5) is 0 Å². The van der Waals surface area contributed by atoms with Gasteiger partial charge in [0.05, 0.1) is 6.10 Å². The van der Waals surface area contributed by atoms with Crippen molar-refractivity contribution in [3.05, 3.63) is 0 Å². The summed E-state index contributed by atoms with van der Waals surface area (Å²) in [5.74, 6) is 0.575. The van der Waals surface area contributed by atoms with Gasteiger partial charge in [-0.2, -0.15) is 0 Å². The molecular weight excluding hydrogens is 176 g/mol. The number of nitrogens with zero attached hydrogens (tertiary/aromatic N) is 1. The number of rotatable bonds is 4. The molecule has 2 N–H and O–H groups in total. The van der Waals surface area contributed by atoms with Gasteiger partial charge in [0.25, 0.3) is 0 Å². The second-order valence-corrected chi connectivity index (χ2v) is 4.45. The molecule has 0 saturated carbocycles. The van der Waals surface area contributed by atoms with E-state index < -0.39 is 0 Å². The van der Waals surface area contributed by atoms with Gasteiger partial charge >= 0.3 is 0 Å². The summed E-state index contributed by atoms with van der Waals surface area (Å²) < 4.78 is 5.41. The summed E-state index contributed by atoms with van der Waals surface area (Å²) in [6, 6.07) is 0.581. The molecule has 1 aliphatic rings. The van der Waals surface area contributed by atoms with E-state index in [0.29, 0.717) is 18.1 Å². The fourth-order valence-electron chi connectivity index (χ4n) is 2.09. The van der Waals surface area contributed by atoms with E-state index in [1.54, 1.807) is 0 Å². The number of hydrogen-bond donors (Lipinski definition) is 1. The van der Waals surface area contributed by atoms with Crippen molar-refractivity contribution in [2.75, 3.05) is 26.7 Å². The van der Waals surface area contributed by atoms with Gasteiger partial charge in [0, 0.05) is 19.7 Å². The Labute approximate surface area is 87.6 Å². The van der Waals surface area contributed by atoms with Gasteiger partial charge in [-0.15, -0.1) is 0 Å². The highest BCUT2D eigenvalue weighted by molar-refractivity contribution is 4.80. The Kier molecular flexibility index (Phi) is 4.85. The third-order valence-corrected chi connectivity index (χ3v) is 3.51. The molecule has 0 aromatic rings. The molecule has 0 bridgehead atoms. The van der Waals surface area contributed by atoms with Crippen LogP contribution < -0.4 is 5.73 Å². The Morgan fingerprint density at radius 2 is 2.21 bits per heavy atom. The highest BCUT2D eigenvalue weighted by atomic mass is 16.5. The van der Waals surface area contributed by atoms with Gasteiger partial charge in [-0.1, -0.05) is 6.92 Å². The summed E-state index contributed by atoms with van der Waals surface area (Å²) in [7, 11) is 1.81. The van der Waals surface area contributed by atoms with Crippen molar-refractivity contribution >= 4 is 0 Å². The van der Waals surface area contributed by atoms with Gasteiger partial charge < -0.3 is 10.5 Å². The van der Waals surface area contributed by atoms with Gasteiger partial charge in [0.2, 0.25) is 0 Å². The Bertz CT molecular complexity index is 161. The fourth-order valence-corrected chi connectivity index (χ4v) is 2.09. The van der Waals surface area contributed by atoms with E-state index >= 15 is 0 Å². The van der Waals surface area contributed by atoms with Crippen molar-refractivity contribution in [1.82, 2.24) is 4.90 Å². The van der Waals surface area contributed by atoms with E-state index in [1.165, 1.54) is 19.4 Å². The summed E-state index contributed by atoms with van der Waals surface area (Å²) in [6.07, 6.45) is 2.88. The summed E-state index contributed by atoms with van der Waals surface area (Å²) >= 11 is 0. The molecule has 1 aliphatic heterocycles. The highest BCUT2D eigenvalue weighted by Crippen LogP contribution is 2.18. The number of likely N-dealkylation sites (tertiary alicyclic amines) is 1. The number of methoxy groups -OCH3 is 1. The zero-order chi connectivity index (χ0) is 10.6. The summed E-state index contributed by atoms with van der Waals surface area (Å²) in [5.41, 5.74) is 5.69. The topological polar surface area (TPSA) is 38.5 Å². The van der Waals surface area contributed by atoms with Crippen molar-refractivity contribution in [3.63, 3.8) is 0 Å². The number of piperidine rings is 1. The van der Waals surface area contributed by atoms with Crippen LogP contribution in [-0.2, 0) is 4.74 Å². The maximum atomic E-state index is 5.69. The SMILES string of the molecule is COC1CCCN(C(C)C(C)CN)C1. The highest BCUT2D eigenvalue weighted by Gasteiger charge is 2.25. The average Bonchev–Trinajstić information content (AvgIpc) is 2.27. The minimum absolute atomic E-state index is 0.427. The van der Waals surface area contributed by atoms with E-state index in [2.05, 4.69) is 18.7 Å². The predicted molar refractivity (Wildman–Crippen MR) is 59.3 cm³/mol. The van der Waals surface area contributed by atoms with Crippen molar-refractivity contribution in [2.45, 2.75) is 38.8 Å². The molecular formula is C11H24N2O. The van der Waals surface area contributed by atoms with Crippen molar-refractivity contribution in [2.24, 2.45) is 11.7 Å². The Hall–Kier alpha value is -0.120.